The molecule has 2 heterocycles. The molecule has 0 fully saturated rings. The first-order chi connectivity index (χ1) is 12.0. The lowest BCUT2D eigenvalue weighted by Gasteiger charge is -2.25. The summed E-state index contributed by atoms with van der Waals surface area (Å²) in [7, 11) is 1.26. The SMILES string of the molecule is COC(=O)COc1ccccc1[C@@H]1CC(=O)Oc2cc(C)oc(=O)c21. The van der Waals surface area contributed by atoms with Crippen LogP contribution >= 0.6 is 0 Å². The molecular formula is C18H16O7. The van der Waals surface area contributed by atoms with Crippen molar-refractivity contribution in [1.82, 2.24) is 0 Å². The highest BCUT2D eigenvalue weighted by molar-refractivity contribution is 5.78. The van der Waals surface area contributed by atoms with Gasteiger partial charge in [0.25, 0.3) is 0 Å². The van der Waals surface area contributed by atoms with Crippen molar-refractivity contribution < 1.29 is 28.2 Å². The van der Waals surface area contributed by atoms with Crippen molar-refractivity contribution >= 4 is 11.9 Å². The van der Waals surface area contributed by atoms with Crippen molar-refractivity contribution in [2.45, 2.75) is 19.3 Å². The fourth-order valence-electron chi connectivity index (χ4n) is 2.79. The van der Waals surface area contributed by atoms with Crippen LogP contribution in [0.15, 0.2) is 39.5 Å². The third-order valence-electron chi connectivity index (χ3n) is 3.88. The van der Waals surface area contributed by atoms with Crippen LogP contribution in [0.2, 0.25) is 0 Å². The highest BCUT2D eigenvalue weighted by Gasteiger charge is 2.34. The molecule has 1 aliphatic rings. The van der Waals surface area contributed by atoms with Crippen LogP contribution in [-0.4, -0.2) is 25.7 Å². The molecule has 7 nitrogen and oxygen atoms in total. The van der Waals surface area contributed by atoms with E-state index in [-0.39, 0.29) is 24.3 Å². The predicted molar refractivity (Wildman–Crippen MR) is 85.8 cm³/mol. The smallest absolute Gasteiger partial charge is 0.343 e. The second kappa shape index (κ2) is 6.80. The van der Waals surface area contributed by atoms with Gasteiger partial charge in [-0.05, 0) is 13.0 Å². The molecule has 1 atom stereocenters. The van der Waals surface area contributed by atoms with Gasteiger partial charge in [0, 0.05) is 17.5 Å². The summed E-state index contributed by atoms with van der Waals surface area (Å²) in [6.45, 7) is 1.33. The van der Waals surface area contributed by atoms with Crippen molar-refractivity contribution in [2.24, 2.45) is 0 Å². The number of para-hydroxylation sites is 1. The Bertz CT molecular complexity index is 881. The first-order valence-electron chi connectivity index (χ1n) is 7.63. The Balaban J connectivity index is 2.05. The second-order valence-corrected chi connectivity index (χ2v) is 5.56. The summed E-state index contributed by atoms with van der Waals surface area (Å²) in [6.07, 6.45) is -0.0284. The summed E-state index contributed by atoms with van der Waals surface area (Å²) >= 11 is 0. The second-order valence-electron chi connectivity index (χ2n) is 5.56. The number of esters is 2. The van der Waals surface area contributed by atoms with Crippen LogP contribution in [0.5, 0.6) is 11.5 Å². The lowest BCUT2D eigenvalue weighted by atomic mass is 9.87. The molecule has 0 amide bonds. The Morgan fingerprint density at radius 2 is 2.04 bits per heavy atom. The molecule has 3 rings (SSSR count). The molecule has 1 aromatic heterocycles. The van der Waals surface area contributed by atoms with Gasteiger partial charge in [-0.25, -0.2) is 9.59 Å². The molecule has 1 aliphatic heterocycles. The molecule has 0 aliphatic carbocycles. The van der Waals surface area contributed by atoms with Gasteiger partial charge < -0.3 is 18.6 Å². The molecule has 130 valence electrons. The van der Waals surface area contributed by atoms with Gasteiger partial charge in [-0.3, -0.25) is 4.79 Å². The van der Waals surface area contributed by atoms with Gasteiger partial charge in [-0.1, -0.05) is 18.2 Å². The highest BCUT2D eigenvalue weighted by Crippen LogP contribution is 2.40. The number of ether oxygens (including phenoxy) is 3. The average Bonchev–Trinajstić information content (AvgIpc) is 2.58. The predicted octanol–water partition coefficient (Wildman–Crippen LogP) is 1.94. The molecule has 25 heavy (non-hydrogen) atoms. The van der Waals surface area contributed by atoms with E-state index >= 15 is 0 Å². The third kappa shape index (κ3) is 3.40. The monoisotopic (exact) mass is 344 g/mol. The maximum absolute atomic E-state index is 12.3. The summed E-state index contributed by atoms with van der Waals surface area (Å²) < 4.78 is 20.4. The van der Waals surface area contributed by atoms with Gasteiger partial charge in [-0.15, -0.1) is 0 Å². The molecular weight excluding hydrogens is 328 g/mol. The third-order valence-corrected chi connectivity index (χ3v) is 3.88. The van der Waals surface area contributed by atoms with Crippen LogP contribution in [-0.2, 0) is 14.3 Å². The number of aryl methyl sites for hydroxylation is 1. The molecule has 0 saturated carbocycles. The number of carbonyl (C=O) groups excluding carboxylic acids is 2. The van der Waals surface area contributed by atoms with Crippen molar-refractivity contribution in [3.05, 3.63) is 57.6 Å². The molecule has 0 N–H and O–H groups in total. The Hall–Kier alpha value is -3.09. The fraction of sp³-hybridized carbons (Fsp3) is 0.278. The zero-order valence-electron chi connectivity index (χ0n) is 13.7. The lowest BCUT2D eigenvalue weighted by molar-refractivity contribution is -0.143. The summed E-state index contributed by atoms with van der Waals surface area (Å²) in [4.78, 5) is 35.6. The van der Waals surface area contributed by atoms with Gasteiger partial charge in [0.05, 0.1) is 19.1 Å². The van der Waals surface area contributed by atoms with E-state index in [0.717, 1.165) is 0 Å². The summed E-state index contributed by atoms with van der Waals surface area (Å²) in [5, 5.41) is 0. The van der Waals surface area contributed by atoms with Crippen LogP contribution in [0.1, 0.15) is 29.2 Å². The normalized spacial score (nSPS) is 15.9. The first kappa shape index (κ1) is 16.8. The minimum absolute atomic E-state index is 0.0284. The van der Waals surface area contributed by atoms with Gasteiger partial charge >= 0.3 is 17.6 Å². The maximum Gasteiger partial charge on any atom is 0.343 e. The topological polar surface area (TPSA) is 92.0 Å². The molecule has 0 spiro atoms. The fourth-order valence-corrected chi connectivity index (χ4v) is 2.79. The van der Waals surface area contributed by atoms with E-state index in [1.165, 1.54) is 13.2 Å². The Kier molecular flexibility index (Phi) is 4.56. The zero-order valence-corrected chi connectivity index (χ0v) is 13.7. The van der Waals surface area contributed by atoms with E-state index in [1.807, 2.05) is 0 Å². The molecule has 0 radical (unpaired) electrons. The number of carbonyl (C=O) groups is 2. The Morgan fingerprint density at radius 3 is 2.80 bits per heavy atom. The van der Waals surface area contributed by atoms with Crippen molar-refractivity contribution in [3.63, 3.8) is 0 Å². The number of rotatable bonds is 4. The molecule has 0 saturated heterocycles. The van der Waals surface area contributed by atoms with Crippen molar-refractivity contribution in [2.75, 3.05) is 13.7 Å². The molecule has 2 aromatic rings. The minimum atomic E-state index is -0.582. The molecule has 7 heteroatoms. The van der Waals surface area contributed by atoms with Gasteiger partial charge in [0.2, 0.25) is 0 Å². The maximum atomic E-state index is 12.3. The van der Waals surface area contributed by atoms with Gasteiger partial charge in [0.1, 0.15) is 17.3 Å². The molecule has 0 bridgehead atoms. The van der Waals surface area contributed by atoms with E-state index in [9.17, 15) is 14.4 Å². The zero-order chi connectivity index (χ0) is 18.0. The van der Waals surface area contributed by atoms with Crippen LogP contribution in [0.3, 0.4) is 0 Å². The Morgan fingerprint density at radius 1 is 1.28 bits per heavy atom. The number of hydrogen-bond donors (Lipinski definition) is 0. The number of fused-ring (bicyclic) bond motifs is 1. The van der Waals surface area contributed by atoms with E-state index in [0.29, 0.717) is 17.1 Å². The molecule has 1 aromatic carbocycles. The summed E-state index contributed by atoms with van der Waals surface area (Å²) in [5.74, 6) is -0.635. The van der Waals surface area contributed by atoms with Crippen LogP contribution < -0.4 is 15.1 Å². The van der Waals surface area contributed by atoms with Crippen molar-refractivity contribution in [1.29, 1.82) is 0 Å². The largest absolute Gasteiger partial charge is 0.482 e. The van der Waals surface area contributed by atoms with Gasteiger partial charge in [0.15, 0.2) is 6.61 Å². The average molecular weight is 344 g/mol. The van der Waals surface area contributed by atoms with Gasteiger partial charge in [-0.2, -0.15) is 0 Å². The van der Waals surface area contributed by atoms with E-state index < -0.39 is 23.5 Å². The van der Waals surface area contributed by atoms with Crippen LogP contribution in [0.25, 0.3) is 0 Å². The number of hydrogen-bond acceptors (Lipinski definition) is 7. The highest BCUT2D eigenvalue weighted by atomic mass is 16.6. The van der Waals surface area contributed by atoms with E-state index in [1.54, 1.807) is 31.2 Å². The van der Waals surface area contributed by atoms with E-state index in [2.05, 4.69) is 4.74 Å². The van der Waals surface area contributed by atoms with Crippen LogP contribution in [0, 0.1) is 6.92 Å². The quantitative estimate of drug-likeness (QED) is 0.783. The standard InChI is InChI=1S/C18H16O7/c1-10-7-14-17(18(21)24-10)12(8-15(19)25-14)11-5-3-4-6-13(11)23-9-16(20)22-2/h3-7,12H,8-9H2,1-2H3/t12-/m0/s1. The first-order valence-corrected chi connectivity index (χ1v) is 7.63. The van der Waals surface area contributed by atoms with Crippen molar-refractivity contribution in [3.8, 4) is 11.5 Å². The minimum Gasteiger partial charge on any atom is -0.482 e. The number of methoxy groups -OCH3 is 1. The summed E-state index contributed by atoms with van der Waals surface area (Å²) in [6, 6.07) is 8.40. The van der Waals surface area contributed by atoms with E-state index in [4.69, 9.17) is 13.9 Å². The summed E-state index contributed by atoms with van der Waals surface area (Å²) in [5.41, 5.74) is 0.301. The lowest BCUT2D eigenvalue weighted by Crippen LogP contribution is -2.27. The van der Waals surface area contributed by atoms with Crippen LogP contribution in [0.4, 0.5) is 0 Å². The Labute approximate surface area is 143 Å². The number of benzene rings is 1. The molecule has 0 unspecified atom stereocenters.